The number of thioether (sulfide) groups is 1. The number of halogens is 1. The molecule has 2 rings (SSSR count). The molecule has 0 bridgehead atoms. The summed E-state index contributed by atoms with van der Waals surface area (Å²) >= 11 is 7.58. The van der Waals surface area contributed by atoms with Crippen LogP contribution in [0, 0.1) is 6.92 Å². The zero-order chi connectivity index (χ0) is 22.1. The smallest absolute Gasteiger partial charge is 0.243 e. The van der Waals surface area contributed by atoms with E-state index in [0.717, 1.165) is 11.1 Å². The van der Waals surface area contributed by atoms with Crippen molar-refractivity contribution < 1.29 is 9.59 Å². The van der Waals surface area contributed by atoms with E-state index in [1.165, 1.54) is 17.3 Å². The van der Waals surface area contributed by atoms with Crippen LogP contribution in [0.4, 0.5) is 0 Å². The summed E-state index contributed by atoms with van der Waals surface area (Å²) < 4.78 is 0. The first kappa shape index (κ1) is 24.3. The molecule has 2 aromatic carbocycles. The summed E-state index contributed by atoms with van der Waals surface area (Å²) in [4.78, 5) is 27.7. The van der Waals surface area contributed by atoms with Gasteiger partial charge in [0, 0.05) is 23.4 Å². The summed E-state index contributed by atoms with van der Waals surface area (Å²) in [6.45, 7) is 8.25. The van der Waals surface area contributed by atoms with Crippen LogP contribution in [0.15, 0.2) is 48.5 Å². The Morgan fingerprint density at radius 3 is 2.40 bits per heavy atom. The van der Waals surface area contributed by atoms with Crippen molar-refractivity contribution in [2.75, 3.05) is 5.75 Å². The number of nitrogens with zero attached hydrogens (tertiary/aromatic N) is 1. The highest BCUT2D eigenvalue weighted by atomic mass is 35.5. The first-order valence-corrected chi connectivity index (χ1v) is 11.8. The second-order valence-electron chi connectivity index (χ2n) is 7.72. The molecule has 6 heteroatoms. The predicted molar refractivity (Wildman–Crippen MR) is 127 cm³/mol. The lowest BCUT2D eigenvalue weighted by atomic mass is 10.1. The topological polar surface area (TPSA) is 49.4 Å². The van der Waals surface area contributed by atoms with Crippen molar-refractivity contribution in [1.82, 2.24) is 10.2 Å². The largest absolute Gasteiger partial charge is 0.352 e. The summed E-state index contributed by atoms with van der Waals surface area (Å²) in [5.41, 5.74) is 3.26. The number of hydrogen-bond donors (Lipinski definition) is 1. The zero-order valence-electron chi connectivity index (χ0n) is 18.2. The van der Waals surface area contributed by atoms with Crippen molar-refractivity contribution in [2.45, 2.75) is 58.5 Å². The van der Waals surface area contributed by atoms with Crippen LogP contribution >= 0.6 is 23.4 Å². The standard InChI is InChI=1S/C24H31ClN2O2S/c1-5-22(24(29)26-17(2)3)27(14-19-11-9-18(4)10-12-19)23(28)16-30-15-20-7-6-8-21(25)13-20/h6-13,17,22H,5,14-16H2,1-4H3,(H,26,29)/t22-/m1/s1. The average molecular weight is 447 g/mol. The molecule has 0 aromatic heterocycles. The van der Waals surface area contributed by atoms with Gasteiger partial charge < -0.3 is 10.2 Å². The fraction of sp³-hybridized carbons (Fsp3) is 0.417. The van der Waals surface area contributed by atoms with E-state index in [-0.39, 0.29) is 17.9 Å². The van der Waals surface area contributed by atoms with Crippen molar-refractivity contribution in [3.63, 3.8) is 0 Å². The first-order chi connectivity index (χ1) is 14.3. The van der Waals surface area contributed by atoms with E-state index < -0.39 is 6.04 Å². The van der Waals surface area contributed by atoms with E-state index in [1.807, 2.05) is 76.2 Å². The van der Waals surface area contributed by atoms with E-state index in [2.05, 4.69) is 5.32 Å². The second kappa shape index (κ2) is 12.0. The van der Waals surface area contributed by atoms with Crippen LogP contribution in [0.2, 0.25) is 5.02 Å². The Labute approximate surface area is 189 Å². The van der Waals surface area contributed by atoms with Gasteiger partial charge in [0.1, 0.15) is 6.04 Å². The van der Waals surface area contributed by atoms with Crippen molar-refractivity contribution >= 4 is 35.2 Å². The molecule has 162 valence electrons. The van der Waals surface area contributed by atoms with Gasteiger partial charge in [-0.2, -0.15) is 0 Å². The molecule has 0 aliphatic carbocycles. The third-order valence-corrected chi connectivity index (χ3v) is 5.90. The van der Waals surface area contributed by atoms with Gasteiger partial charge in [-0.1, -0.05) is 60.5 Å². The molecule has 1 atom stereocenters. The van der Waals surface area contributed by atoms with Gasteiger partial charge in [0.25, 0.3) is 0 Å². The van der Waals surface area contributed by atoms with Crippen LogP contribution in [-0.4, -0.2) is 34.6 Å². The van der Waals surface area contributed by atoms with Crippen LogP contribution < -0.4 is 5.32 Å². The number of carbonyl (C=O) groups is 2. The number of nitrogens with one attached hydrogen (secondary N) is 1. The zero-order valence-corrected chi connectivity index (χ0v) is 19.7. The third kappa shape index (κ3) is 7.69. The minimum Gasteiger partial charge on any atom is -0.352 e. The van der Waals surface area contributed by atoms with Crippen molar-refractivity contribution in [3.8, 4) is 0 Å². The van der Waals surface area contributed by atoms with Gasteiger partial charge in [-0.25, -0.2) is 0 Å². The monoisotopic (exact) mass is 446 g/mol. The Morgan fingerprint density at radius 1 is 1.10 bits per heavy atom. The maximum absolute atomic E-state index is 13.2. The fourth-order valence-corrected chi connectivity index (χ4v) is 4.23. The summed E-state index contributed by atoms with van der Waals surface area (Å²) in [7, 11) is 0. The quantitative estimate of drug-likeness (QED) is 0.544. The van der Waals surface area contributed by atoms with Crippen LogP contribution in [0.5, 0.6) is 0 Å². The highest BCUT2D eigenvalue weighted by Crippen LogP contribution is 2.19. The van der Waals surface area contributed by atoms with Crippen LogP contribution in [0.3, 0.4) is 0 Å². The molecular formula is C24H31ClN2O2S. The molecule has 30 heavy (non-hydrogen) atoms. The van der Waals surface area contributed by atoms with E-state index >= 15 is 0 Å². The summed E-state index contributed by atoms with van der Waals surface area (Å²) in [6.07, 6.45) is 0.565. The third-order valence-electron chi connectivity index (χ3n) is 4.67. The lowest BCUT2D eigenvalue weighted by Gasteiger charge is -2.31. The van der Waals surface area contributed by atoms with Crippen LogP contribution in [0.25, 0.3) is 0 Å². The predicted octanol–water partition coefficient (Wildman–Crippen LogP) is 5.21. The highest BCUT2D eigenvalue weighted by Gasteiger charge is 2.28. The number of aryl methyl sites for hydroxylation is 1. The van der Waals surface area contributed by atoms with E-state index in [0.29, 0.717) is 29.5 Å². The van der Waals surface area contributed by atoms with E-state index in [4.69, 9.17) is 11.6 Å². The van der Waals surface area contributed by atoms with Crippen LogP contribution in [0.1, 0.15) is 43.9 Å². The lowest BCUT2D eigenvalue weighted by Crippen LogP contribution is -2.50. The molecule has 0 saturated heterocycles. The van der Waals surface area contributed by atoms with E-state index in [9.17, 15) is 9.59 Å². The summed E-state index contributed by atoms with van der Waals surface area (Å²) in [5.74, 6) is 0.866. The molecule has 0 heterocycles. The molecule has 0 saturated carbocycles. The molecular weight excluding hydrogens is 416 g/mol. The van der Waals surface area contributed by atoms with Gasteiger partial charge in [0.15, 0.2) is 0 Å². The molecule has 0 aliphatic heterocycles. The minimum absolute atomic E-state index is 0.0279. The maximum Gasteiger partial charge on any atom is 0.243 e. The molecule has 0 unspecified atom stereocenters. The summed E-state index contributed by atoms with van der Waals surface area (Å²) in [5, 5.41) is 3.65. The highest BCUT2D eigenvalue weighted by molar-refractivity contribution is 7.99. The van der Waals surface area contributed by atoms with Gasteiger partial charge in [0.05, 0.1) is 5.75 Å². The molecule has 0 aliphatic rings. The Balaban J connectivity index is 2.12. The second-order valence-corrected chi connectivity index (χ2v) is 9.14. The lowest BCUT2D eigenvalue weighted by molar-refractivity contribution is -0.139. The number of hydrogen-bond acceptors (Lipinski definition) is 3. The van der Waals surface area contributed by atoms with Gasteiger partial charge in [-0.3, -0.25) is 9.59 Å². The molecule has 2 aromatic rings. The molecule has 0 radical (unpaired) electrons. The van der Waals surface area contributed by atoms with Gasteiger partial charge in [-0.15, -0.1) is 11.8 Å². The molecule has 4 nitrogen and oxygen atoms in total. The number of rotatable bonds is 10. The van der Waals surface area contributed by atoms with Gasteiger partial charge in [-0.05, 0) is 50.5 Å². The normalized spacial score (nSPS) is 11.9. The maximum atomic E-state index is 13.2. The number of amides is 2. The Kier molecular flexibility index (Phi) is 9.73. The van der Waals surface area contributed by atoms with Gasteiger partial charge >= 0.3 is 0 Å². The molecule has 1 N–H and O–H groups in total. The SMILES string of the molecule is CC[C@H](C(=O)NC(C)C)N(Cc1ccc(C)cc1)C(=O)CSCc1cccc(Cl)c1. The number of benzene rings is 2. The van der Waals surface area contributed by atoms with Crippen LogP contribution in [-0.2, 0) is 21.9 Å². The Bertz CT molecular complexity index is 839. The van der Waals surface area contributed by atoms with Crippen molar-refractivity contribution in [3.05, 3.63) is 70.2 Å². The molecule has 0 fully saturated rings. The summed E-state index contributed by atoms with van der Waals surface area (Å²) in [6, 6.07) is 15.3. The Hall–Kier alpha value is -1.98. The minimum atomic E-state index is -0.493. The fourth-order valence-electron chi connectivity index (χ4n) is 3.16. The molecule has 0 spiro atoms. The molecule has 2 amide bonds. The average Bonchev–Trinajstić information content (AvgIpc) is 2.68. The van der Waals surface area contributed by atoms with Crippen molar-refractivity contribution in [2.24, 2.45) is 0 Å². The first-order valence-electron chi connectivity index (χ1n) is 10.3. The van der Waals surface area contributed by atoms with Crippen molar-refractivity contribution in [1.29, 1.82) is 0 Å². The van der Waals surface area contributed by atoms with E-state index in [1.54, 1.807) is 4.90 Å². The van der Waals surface area contributed by atoms with Gasteiger partial charge in [0.2, 0.25) is 11.8 Å². The Morgan fingerprint density at radius 2 is 1.80 bits per heavy atom. The number of carbonyl (C=O) groups excluding carboxylic acids is 2.